The molecule has 0 atom stereocenters. The van der Waals surface area contributed by atoms with E-state index in [1.165, 1.54) is 0 Å². The zero-order valence-corrected chi connectivity index (χ0v) is 12.0. The molecule has 5 heteroatoms. The normalized spacial score (nSPS) is 12.6. The third kappa shape index (κ3) is 4.76. The van der Waals surface area contributed by atoms with Gasteiger partial charge in [-0.25, -0.2) is 13.1 Å². The van der Waals surface area contributed by atoms with Gasteiger partial charge in [-0.15, -0.1) is 0 Å². The van der Waals surface area contributed by atoms with E-state index in [4.69, 9.17) is 0 Å². The topological polar surface area (TPSA) is 58.2 Å². The molecular weight excluding hydrogens is 248 g/mol. The molecule has 0 radical (unpaired) electrons. The number of benzene rings is 1. The molecule has 0 aliphatic carbocycles. The van der Waals surface area contributed by atoms with E-state index in [9.17, 15) is 8.42 Å². The van der Waals surface area contributed by atoms with Crippen LogP contribution in [0.4, 0.5) is 0 Å². The molecule has 102 valence electrons. The van der Waals surface area contributed by atoms with Gasteiger partial charge in [0.2, 0.25) is 10.0 Å². The summed E-state index contributed by atoms with van der Waals surface area (Å²) in [7, 11) is -3.37. The van der Waals surface area contributed by atoms with Gasteiger partial charge in [0.25, 0.3) is 0 Å². The fourth-order valence-corrected chi connectivity index (χ4v) is 2.45. The molecule has 1 aromatic carbocycles. The van der Waals surface area contributed by atoms with Crippen LogP contribution in [0.5, 0.6) is 0 Å². The van der Waals surface area contributed by atoms with Gasteiger partial charge in [-0.1, -0.05) is 25.1 Å². The van der Waals surface area contributed by atoms with E-state index in [1.54, 1.807) is 30.3 Å². The van der Waals surface area contributed by atoms with Crippen LogP contribution in [0, 0.1) is 0 Å². The lowest BCUT2D eigenvalue weighted by molar-refractivity contribution is 0.379. The van der Waals surface area contributed by atoms with Crippen molar-refractivity contribution in [3.05, 3.63) is 30.3 Å². The minimum Gasteiger partial charge on any atom is -0.311 e. The Labute approximate surface area is 110 Å². The Hall–Kier alpha value is -0.910. The molecule has 0 heterocycles. The molecule has 1 rings (SSSR count). The number of hydrogen-bond acceptors (Lipinski definition) is 3. The van der Waals surface area contributed by atoms with E-state index in [0.717, 1.165) is 6.42 Å². The van der Waals surface area contributed by atoms with Crippen LogP contribution in [-0.2, 0) is 10.0 Å². The fourth-order valence-electron chi connectivity index (χ4n) is 1.39. The summed E-state index contributed by atoms with van der Waals surface area (Å²) in [6, 6.07) is 8.40. The van der Waals surface area contributed by atoms with Crippen LogP contribution in [0.1, 0.15) is 27.2 Å². The van der Waals surface area contributed by atoms with Crippen molar-refractivity contribution in [3.8, 4) is 0 Å². The molecule has 0 fully saturated rings. The van der Waals surface area contributed by atoms with Gasteiger partial charge in [-0.2, -0.15) is 0 Å². The zero-order valence-electron chi connectivity index (χ0n) is 11.2. The van der Waals surface area contributed by atoms with Crippen LogP contribution in [0.25, 0.3) is 0 Å². The van der Waals surface area contributed by atoms with Crippen molar-refractivity contribution in [2.45, 2.75) is 37.6 Å². The van der Waals surface area contributed by atoms with Crippen LogP contribution < -0.4 is 10.0 Å². The lowest BCUT2D eigenvalue weighted by Gasteiger charge is -2.24. The molecule has 0 saturated heterocycles. The van der Waals surface area contributed by atoms with Crippen LogP contribution in [0.15, 0.2) is 35.2 Å². The highest BCUT2D eigenvalue weighted by atomic mass is 32.2. The summed E-state index contributed by atoms with van der Waals surface area (Å²) in [6.45, 7) is 7.30. The average Bonchev–Trinajstić information content (AvgIpc) is 2.36. The molecule has 0 amide bonds. The molecule has 0 aromatic heterocycles. The summed E-state index contributed by atoms with van der Waals surface area (Å²) in [6.07, 6.45) is 0.998. The molecular formula is C13H22N2O2S. The first-order valence-corrected chi connectivity index (χ1v) is 7.65. The molecule has 0 bridgehead atoms. The van der Waals surface area contributed by atoms with Crippen molar-refractivity contribution >= 4 is 10.0 Å². The van der Waals surface area contributed by atoms with Crippen LogP contribution >= 0.6 is 0 Å². The van der Waals surface area contributed by atoms with E-state index in [2.05, 4.69) is 30.8 Å². The Kier molecular flexibility index (Phi) is 5.31. The Morgan fingerprint density at radius 1 is 1.11 bits per heavy atom. The minimum atomic E-state index is -3.37. The Bertz CT molecular complexity index is 455. The Balaban J connectivity index is 2.45. The van der Waals surface area contributed by atoms with Crippen LogP contribution in [0.3, 0.4) is 0 Å². The lowest BCUT2D eigenvalue weighted by Crippen LogP contribution is -2.43. The van der Waals surface area contributed by atoms with Gasteiger partial charge in [0.1, 0.15) is 0 Å². The fraction of sp³-hybridized carbons (Fsp3) is 0.538. The predicted molar refractivity (Wildman–Crippen MR) is 74.0 cm³/mol. The summed E-state index contributed by atoms with van der Waals surface area (Å²) >= 11 is 0. The number of sulfonamides is 1. The molecule has 0 aliphatic heterocycles. The maximum absolute atomic E-state index is 11.9. The van der Waals surface area contributed by atoms with Gasteiger partial charge in [0.15, 0.2) is 0 Å². The Morgan fingerprint density at radius 3 is 2.28 bits per heavy atom. The van der Waals surface area contributed by atoms with Crippen molar-refractivity contribution in [2.75, 3.05) is 13.1 Å². The number of rotatable bonds is 7. The summed E-state index contributed by atoms with van der Waals surface area (Å²) in [5.41, 5.74) is 0.0399. The SMILES string of the molecule is CCC(C)(C)NCCNS(=O)(=O)c1ccccc1. The van der Waals surface area contributed by atoms with Gasteiger partial charge in [-0.05, 0) is 32.4 Å². The highest BCUT2D eigenvalue weighted by Crippen LogP contribution is 2.07. The summed E-state index contributed by atoms with van der Waals surface area (Å²) in [4.78, 5) is 0.305. The largest absolute Gasteiger partial charge is 0.311 e. The van der Waals surface area contributed by atoms with E-state index in [1.807, 2.05) is 0 Å². The molecule has 0 spiro atoms. The molecule has 0 saturated carbocycles. The van der Waals surface area contributed by atoms with E-state index < -0.39 is 10.0 Å². The third-order valence-electron chi connectivity index (χ3n) is 2.96. The van der Waals surface area contributed by atoms with E-state index in [-0.39, 0.29) is 5.54 Å². The first-order valence-electron chi connectivity index (χ1n) is 6.17. The number of nitrogens with one attached hydrogen (secondary N) is 2. The van der Waals surface area contributed by atoms with E-state index >= 15 is 0 Å². The van der Waals surface area contributed by atoms with E-state index in [0.29, 0.717) is 18.0 Å². The van der Waals surface area contributed by atoms with Crippen molar-refractivity contribution in [1.29, 1.82) is 0 Å². The maximum Gasteiger partial charge on any atom is 0.240 e. The second-order valence-corrected chi connectivity index (χ2v) is 6.64. The zero-order chi connectivity index (χ0) is 13.6. The quantitative estimate of drug-likeness (QED) is 0.742. The first kappa shape index (κ1) is 15.1. The van der Waals surface area contributed by atoms with Gasteiger partial charge >= 0.3 is 0 Å². The van der Waals surface area contributed by atoms with Gasteiger partial charge in [0.05, 0.1) is 4.90 Å². The average molecular weight is 270 g/mol. The van der Waals surface area contributed by atoms with Crippen molar-refractivity contribution in [1.82, 2.24) is 10.0 Å². The molecule has 0 aliphatic rings. The maximum atomic E-state index is 11.9. The van der Waals surface area contributed by atoms with Gasteiger partial charge in [0, 0.05) is 18.6 Å². The highest BCUT2D eigenvalue weighted by Gasteiger charge is 2.15. The third-order valence-corrected chi connectivity index (χ3v) is 4.43. The molecule has 18 heavy (non-hydrogen) atoms. The molecule has 1 aromatic rings. The highest BCUT2D eigenvalue weighted by molar-refractivity contribution is 7.89. The second kappa shape index (κ2) is 6.31. The van der Waals surface area contributed by atoms with Gasteiger partial charge < -0.3 is 5.32 Å². The predicted octanol–water partition coefficient (Wildman–Crippen LogP) is 1.74. The number of hydrogen-bond donors (Lipinski definition) is 2. The summed E-state index contributed by atoms with van der Waals surface area (Å²) in [5.74, 6) is 0. The second-order valence-electron chi connectivity index (χ2n) is 4.88. The first-order chi connectivity index (χ1) is 8.37. The molecule has 2 N–H and O–H groups in total. The monoisotopic (exact) mass is 270 g/mol. The smallest absolute Gasteiger partial charge is 0.240 e. The van der Waals surface area contributed by atoms with Crippen molar-refractivity contribution in [3.63, 3.8) is 0 Å². The standard InChI is InChI=1S/C13H22N2O2S/c1-4-13(2,3)14-10-11-15-18(16,17)12-8-6-5-7-9-12/h5-9,14-15H,4,10-11H2,1-3H3. The Morgan fingerprint density at radius 2 is 1.72 bits per heavy atom. The summed E-state index contributed by atoms with van der Waals surface area (Å²) in [5, 5.41) is 3.31. The van der Waals surface area contributed by atoms with Crippen molar-refractivity contribution in [2.24, 2.45) is 0 Å². The summed E-state index contributed by atoms with van der Waals surface area (Å²) < 4.78 is 26.4. The van der Waals surface area contributed by atoms with Crippen LogP contribution in [0.2, 0.25) is 0 Å². The lowest BCUT2D eigenvalue weighted by atomic mass is 10.0. The molecule has 4 nitrogen and oxygen atoms in total. The molecule has 0 unspecified atom stereocenters. The van der Waals surface area contributed by atoms with Gasteiger partial charge in [-0.3, -0.25) is 0 Å². The van der Waals surface area contributed by atoms with Crippen molar-refractivity contribution < 1.29 is 8.42 Å². The minimum absolute atomic E-state index is 0.0399. The van der Waals surface area contributed by atoms with Crippen LogP contribution in [-0.4, -0.2) is 27.0 Å².